The van der Waals surface area contributed by atoms with Gasteiger partial charge in [0.1, 0.15) is 18.0 Å². The van der Waals surface area contributed by atoms with E-state index in [1.165, 1.54) is 25.7 Å². The van der Waals surface area contributed by atoms with E-state index in [1.807, 2.05) is 6.07 Å². The molecule has 18 heavy (non-hydrogen) atoms. The van der Waals surface area contributed by atoms with E-state index < -0.39 is 0 Å². The maximum Gasteiger partial charge on any atom is 0.131 e. The van der Waals surface area contributed by atoms with Gasteiger partial charge in [-0.15, -0.1) is 0 Å². The lowest BCUT2D eigenvalue weighted by atomic mass is 9.98. The molecule has 0 spiro atoms. The molecular formula is C14H22N4. The van der Waals surface area contributed by atoms with Crippen LogP contribution in [0.1, 0.15) is 32.6 Å². The van der Waals surface area contributed by atoms with Crippen LogP contribution in [0.3, 0.4) is 0 Å². The van der Waals surface area contributed by atoms with Gasteiger partial charge in [0, 0.05) is 19.2 Å². The molecule has 2 saturated carbocycles. The summed E-state index contributed by atoms with van der Waals surface area (Å²) in [6.07, 6.45) is 7.39. The first-order valence-corrected chi connectivity index (χ1v) is 7.16. The minimum absolute atomic E-state index is 0.877. The van der Waals surface area contributed by atoms with Gasteiger partial charge in [-0.1, -0.05) is 0 Å². The Morgan fingerprint density at radius 3 is 2.28 bits per heavy atom. The zero-order valence-corrected chi connectivity index (χ0v) is 11.0. The third kappa shape index (κ3) is 2.92. The first kappa shape index (κ1) is 11.8. The fourth-order valence-corrected chi connectivity index (χ4v) is 2.72. The summed E-state index contributed by atoms with van der Waals surface area (Å²) in [7, 11) is 0. The van der Waals surface area contributed by atoms with E-state index in [-0.39, 0.29) is 0 Å². The predicted octanol–water partition coefficient (Wildman–Crippen LogP) is 2.76. The highest BCUT2D eigenvalue weighted by molar-refractivity contribution is 5.46. The van der Waals surface area contributed by atoms with Crippen molar-refractivity contribution in [3.8, 4) is 0 Å². The third-order valence-electron chi connectivity index (χ3n) is 4.00. The Kier molecular flexibility index (Phi) is 3.35. The van der Waals surface area contributed by atoms with Crippen LogP contribution in [0.2, 0.25) is 0 Å². The molecule has 4 nitrogen and oxygen atoms in total. The molecule has 2 aliphatic rings. The van der Waals surface area contributed by atoms with Crippen LogP contribution in [0.5, 0.6) is 0 Å². The quantitative estimate of drug-likeness (QED) is 0.776. The smallest absolute Gasteiger partial charge is 0.131 e. The van der Waals surface area contributed by atoms with E-state index in [1.54, 1.807) is 6.33 Å². The number of nitrogens with one attached hydrogen (secondary N) is 2. The van der Waals surface area contributed by atoms with Crippen molar-refractivity contribution in [2.75, 3.05) is 23.7 Å². The first-order valence-electron chi connectivity index (χ1n) is 7.16. The summed E-state index contributed by atoms with van der Waals surface area (Å²) in [6.45, 7) is 4.05. The van der Waals surface area contributed by atoms with Crippen molar-refractivity contribution in [1.82, 2.24) is 9.97 Å². The number of hydrogen-bond acceptors (Lipinski definition) is 4. The Hall–Kier alpha value is -1.32. The zero-order chi connectivity index (χ0) is 12.4. The molecule has 0 radical (unpaired) electrons. The maximum absolute atomic E-state index is 4.29. The van der Waals surface area contributed by atoms with Gasteiger partial charge >= 0.3 is 0 Å². The van der Waals surface area contributed by atoms with E-state index in [4.69, 9.17) is 0 Å². The summed E-state index contributed by atoms with van der Waals surface area (Å²) in [5.74, 6) is 4.71. The molecule has 1 aromatic heterocycles. The zero-order valence-electron chi connectivity index (χ0n) is 11.0. The molecule has 2 aliphatic carbocycles. The second-order valence-electron chi connectivity index (χ2n) is 5.54. The second-order valence-corrected chi connectivity index (χ2v) is 5.54. The SMILES string of the molecule is CCNc1cc(NCC(C2CC2)C2CC2)ncn1. The van der Waals surface area contributed by atoms with Crippen molar-refractivity contribution >= 4 is 11.6 Å². The molecule has 0 amide bonds. The second kappa shape index (κ2) is 5.12. The summed E-state index contributed by atoms with van der Waals surface area (Å²) in [4.78, 5) is 8.48. The van der Waals surface area contributed by atoms with Gasteiger partial charge in [0.05, 0.1) is 0 Å². The fourth-order valence-electron chi connectivity index (χ4n) is 2.72. The molecule has 0 saturated heterocycles. The highest BCUT2D eigenvalue weighted by atomic mass is 15.1. The summed E-state index contributed by atoms with van der Waals surface area (Å²) in [6, 6.07) is 2.00. The van der Waals surface area contributed by atoms with E-state index in [9.17, 15) is 0 Å². The summed E-state index contributed by atoms with van der Waals surface area (Å²) < 4.78 is 0. The summed E-state index contributed by atoms with van der Waals surface area (Å²) >= 11 is 0. The van der Waals surface area contributed by atoms with Crippen LogP contribution >= 0.6 is 0 Å². The average Bonchev–Trinajstić information content (AvgIpc) is 3.25. The monoisotopic (exact) mass is 246 g/mol. The largest absolute Gasteiger partial charge is 0.370 e. The predicted molar refractivity (Wildman–Crippen MR) is 73.6 cm³/mol. The van der Waals surface area contributed by atoms with Crippen LogP contribution in [0, 0.1) is 17.8 Å². The summed E-state index contributed by atoms with van der Waals surface area (Å²) in [5.41, 5.74) is 0. The maximum atomic E-state index is 4.29. The van der Waals surface area contributed by atoms with Crippen molar-refractivity contribution < 1.29 is 0 Å². The Morgan fingerprint density at radius 2 is 1.72 bits per heavy atom. The Morgan fingerprint density at radius 1 is 1.11 bits per heavy atom. The molecule has 2 N–H and O–H groups in total. The molecule has 3 rings (SSSR count). The van der Waals surface area contributed by atoms with E-state index >= 15 is 0 Å². The molecule has 0 bridgehead atoms. The molecule has 0 aliphatic heterocycles. The molecule has 2 fully saturated rings. The van der Waals surface area contributed by atoms with Gasteiger partial charge in [0.25, 0.3) is 0 Å². The first-order chi connectivity index (χ1) is 8.86. The van der Waals surface area contributed by atoms with Gasteiger partial charge in [-0.2, -0.15) is 0 Å². The molecule has 0 atom stereocenters. The standard InChI is InChI=1S/C14H22N4/c1-2-15-13-7-14(18-9-17-13)16-8-12(10-3-4-10)11-5-6-11/h7,9-12H,2-6,8H2,1H3,(H2,15,16,17,18). The van der Waals surface area contributed by atoms with Crippen molar-refractivity contribution in [2.24, 2.45) is 17.8 Å². The highest BCUT2D eigenvalue weighted by Gasteiger charge is 2.40. The molecule has 0 aromatic carbocycles. The number of anilines is 2. The lowest BCUT2D eigenvalue weighted by molar-refractivity contribution is 0.427. The van der Waals surface area contributed by atoms with E-state index in [2.05, 4.69) is 27.5 Å². The topological polar surface area (TPSA) is 49.8 Å². The van der Waals surface area contributed by atoms with Crippen LogP contribution in [-0.4, -0.2) is 23.1 Å². The number of aromatic nitrogens is 2. The Balaban J connectivity index is 1.56. The highest BCUT2D eigenvalue weighted by Crippen LogP contribution is 2.49. The normalized spacial score (nSPS) is 19.0. The number of rotatable bonds is 7. The van der Waals surface area contributed by atoms with Gasteiger partial charge in [0.15, 0.2) is 0 Å². The van der Waals surface area contributed by atoms with Gasteiger partial charge in [-0.3, -0.25) is 0 Å². The van der Waals surface area contributed by atoms with Crippen molar-refractivity contribution in [3.05, 3.63) is 12.4 Å². The molecule has 1 heterocycles. The van der Waals surface area contributed by atoms with Crippen LogP contribution < -0.4 is 10.6 Å². The van der Waals surface area contributed by atoms with Crippen LogP contribution in [0.25, 0.3) is 0 Å². The molecule has 4 heteroatoms. The molecular weight excluding hydrogens is 224 g/mol. The van der Waals surface area contributed by atoms with Gasteiger partial charge in [-0.05, 0) is 50.4 Å². The minimum Gasteiger partial charge on any atom is -0.370 e. The van der Waals surface area contributed by atoms with Gasteiger partial charge < -0.3 is 10.6 Å². The van der Waals surface area contributed by atoms with Gasteiger partial charge in [0.2, 0.25) is 0 Å². The van der Waals surface area contributed by atoms with E-state index in [0.29, 0.717) is 0 Å². The van der Waals surface area contributed by atoms with Crippen LogP contribution in [0.4, 0.5) is 11.6 Å². The third-order valence-corrected chi connectivity index (χ3v) is 4.00. The van der Waals surface area contributed by atoms with Crippen LogP contribution in [-0.2, 0) is 0 Å². The average molecular weight is 246 g/mol. The number of hydrogen-bond donors (Lipinski definition) is 2. The Bertz CT molecular complexity index is 387. The Labute approximate surface area is 109 Å². The summed E-state index contributed by atoms with van der Waals surface area (Å²) in [5, 5.41) is 6.71. The molecule has 1 aromatic rings. The van der Waals surface area contributed by atoms with Gasteiger partial charge in [-0.25, -0.2) is 9.97 Å². The minimum atomic E-state index is 0.877. The lowest BCUT2D eigenvalue weighted by Crippen LogP contribution is -2.19. The molecule has 0 unspecified atom stereocenters. The van der Waals surface area contributed by atoms with Crippen molar-refractivity contribution in [2.45, 2.75) is 32.6 Å². The fraction of sp³-hybridized carbons (Fsp3) is 0.714. The molecule has 98 valence electrons. The van der Waals surface area contributed by atoms with E-state index in [0.717, 1.165) is 42.5 Å². The number of nitrogens with zero attached hydrogens (tertiary/aromatic N) is 2. The van der Waals surface area contributed by atoms with Crippen LogP contribution in [0.15, 0.2) is 12.4 Å². The lowest BCUT2D eigenvalue weighted by Gasteiger charge is -2.16. The van der Waals surface area contributed by atoms with Crippen molar-refractivity contribution in [3.63, 3.8) is 0 Å². The van der Waals surface area contributed by atoms with Crippen molar-refractivity contribution in [1.29, 1.82) is 0 Å².